The SMILES string of the molecule is CCCC/C=C\C=C/CCCCCC(=O)OCC(COC(=O)CCCCCCCCCCCCCCCCCCCCC)OC(=O)CCC/C=C\C/C=C\C/C=C\C/C=C\CCCCC. The van der Waals surface area contributed by atoms with Crippen molar-refractivity contribution >= 4 is 17.9 Å². The molecular weight excluding hydrogens is 805 g/mol. The largest absolute Gasteiger partial charge is 0.462 e. The van der Waals surface area contributed by atoms with E-state index >= 15 is 0 Å². The second-order valence-electron chi connectivity index (χ2n) is 18.2. The monoisotopic (exact) mass is 907 g/mol. The summed E-state index contributed by atoms with van der Waals surface area (Å²) in [5.41, 5.74) is 0. The molecule has 0 aliphatic carbocycles. The molecule has 374 valence electrons. The number of ether oxygens (including phenoxy) is 3. The number of carbonyl (C=O) groups excluding carboxylic acids is 3. The number of hydrogen-bond donors (Lipinski definition) is 0. The number of hydrogen-bond acceptors (Lipinski definition) is 6. The van der Waals surface area contributed by atoms with Gasteiger partial charge in [-0.3, -0.25) is 14.4 Å². The number of allylic oxidation sites excluding steroid dienone is 12. The predicted octanol–water partition coefficient (Wildman–Crippen LogP) is 18.2. The molecule has 0 aromatic carbocycles. The highest BCUT2D eigenvalue weighted by Gasteiger charge is 2.19. The zero-order valence-electron chi connectivity index (χ0n) is 42.7. The van der Waals surface area contributed by atoms with Gasteiger partial charge < -0.3 is 14.2 Å². The van der Waals surface area contributed by atoms with E-state index in [4.69, 9.17) is 14.2 Å². The summed E-state index contributed by atoms with van der Waals surface area (Å²) in [5, 5.41) is 0. The van der Waals surface area contributed by atoms with Gasteiger partial charge >= 0.3 is 17.9 Å². The van der Waals surface area contributed by atoms with Crippen LogP contribution < -0.4 is 0 Å². The highest BCUT2D eigenvalue weighted by atomic mass is 16.6. The van der Waals surface area contributed by atoms with Gasteiger partial charge in [0.05, 0.1) is 0 Å². The fourth-order valence-electron chi connectivity index (χ4n) is 7.53. The van der Waals surface area contributed by atoms with Gasteiger partial charge in [-0.05, 0) is 77.0 Å². The smallest absolute Gasteiger partial charge is 0.306 e. The first kappa shape index (κ1) is 61.9. The van der Waals surface area contributed by atoms with Gasteiger partial charge in [-0.2, -0.15) is 0 Å². The summed E-state index contributed by atoms with van der Waals surface area (Å²) >= 11 is 0. The van der Waals surface area contributed by atoms with Crippen LogP contribution in [0.4, 0.5) is 0 Å². The van der Waals surface area contributed by atoms with E-state index in [0.29, 0.717) is 19.3 Å². The van der Waals surface area contributed by atoms with E-state index < -0.39 is 6.10 Å². The van der Waals surface area contributed by atoms with Gasteiger partial charge in [0.1, 0.15) is 13.2 Å². The zero-order valence-corrected chi connectivity index (χ0v) is 42.7. The molecule has 6 nitrogen and oxygen atoms in total. The quantitative estimate of drug-likeness (QED) is 0.0199. The Bertz CT molecular complexity index is 1230. The molecule has 0 heterocycles. The molecule has 0 bridgehead atoms. The molecule has 0 aliphatic heterocycles. The molecule has 65 heavy (non-hydrogen) atoms. The molecule has 0 fully saturated rings. The second kappa shape index (κ2) is 53.5. The molecule has 0 saturated carbocycles. The number of rotatable bonds is 49. The molecule has 0 radical (unpaired) electrons. The van der Waals surface area contributed by atoms with Crippen molar-refractivity contribution < 1.29 is 28.6 Å². The third kappa shape index (κ3) is 51.7. The number of carbonyl (C=O) groups is 3. The first-order valence-corrected chi connectivity index (χ1v) is 27.5. The van der Waals surface area contributed by atoms with Crippen molar-refractivity contribution in [2.45, 2.75) is 271 Å². The van der Waals surface area contributed by atoms with Crippen LogP contribution in [0.1, 0.15) is 265 Å². The Kier molecular flexibility index (Phi) is 50.9. The van der Waals surface area contributed by atoms with Gasteiger partial charge in [0.15, 0.2) is 6.10 Å². The first-order chi connectivity index (χ1) is 32.0. The molecule has 0 spiro atoms. The maximum absolute atomic E-state index is 12.8. The van der Waals surface area contributed by atoms with E-state index in [9.17, 15) is 14.4 Å². The van der Waals surface area contributed by atoms with E-state index in [1.807, 2.05) is 0 Å². The average molecular weight is 907 g/mol. The molecule has 6 heteroatoms. The van der Waals surface area contributed by atoms with Crippen molar-refractivity contribution in [3.8, 4) is 0 Å². The lowest BCUT2D eigenvalue weighted by Gasteiger charge is -2.18. The third-order valence-electron chi connectivity index (χ3n) is 11.7. The Morgan fingerprint density at radius 3 is 1.08 bits per heavy atom. The minimum absolute atomic E-state index is 0.104. The molecular formula is C59H102O6. The number of unbranched alkanes of at least 4 members (excludes halogenated alkanes) is 27. The summed E-state index contributed by atoms with van der Waals surface area (Å²) in [6, 6.07) is 0. The predicted molar refractivity (Wildman–Crippen MR) is 279 cm³/mol. The lowest BCUT2D eigenvalue weighted by atomic mass is 10.0. The topological polar surface area (TPSA) is 78.9 Å². The maximum atomic E-state index is 12.8. The van der Waals surface area contributed by atoms with Crippen LogP contribution in [0.5, 0.6) is 0 Å². The van der Waals surface area contributed by atoms with Gasteiger partial charge in [-0.15, -0.1) is 0 Å². The Balaban J connectivity index is 4.42. The summed E-state index contributed by atoms with van der Waals surface area (Å²) in [5.74, 6) is -0.984. The molecule has 0 saturated heterocycles. The molecule has 0 aliphatic rings. The summed E-state index contributed by atoms with van der Waals surface area (Å²) < 4.78 is 16.7. The summed E-state index contributed by atoms with van der Waals surface area (Å²) in [6.07, 6.45) is 67.6. The second-order valence-corrected chi connectivity index (χ2v) is 18.2. The minimum Gasteiger partial charge on any atom is -0.462 e. The van der Waals surface area contributed by atoms with Crippen LogP contribution in [0.25, 0.3) is 0 Å². The molecule has 0 amide bonds. The van der Waals surface area contributed by atoms with Gasteiger partial charge in [0.25, 0.3) is 0 Å². The van der Waals surface area contributed by atoms with E-state index in [1.54, 1.807) is 0 Å². The maximum Gasteiger partial charge on any atom is 0.306 e. The van der Waals surface area contributed by atoms with Crippen LogP contribution in [0, 0.1) is 0 Å². The standard InChI is InChI=1S/C59H102O6/c1-4-7-10-13-16-19-22-24-26-28-29-31-32-34-37-40-43-46-49-52-58(61)64-55-56(54-63-57(60)51-48-45-42-39-36-21-18-15-12-9-6-3)65-59(62)53-50-47-44-41-38-35-33-30-27-25-23-20-17-14-11-8-5-2/h15,17-18,20-21,25,27,33,35-36,41,44,56H,4-14,16,19,22-24,26,28-32,34,37-40,42-43,45-55H2,1-3H3/b18-15-,20-17-,27-25-,35-33-,36-21-,44-41-. The highest BCUT2D eigenvalue weighted by Crippen LogP contribution is 2.16. The molecule has 1 unspecified atom stereocenters. The van der Waals surface area contributed by atoms with Crippen LogP contribution in [0.15, 0.2) is 72.9 Å². The lowest BCUT2D eigenvalue weighted by molar-refractivity contribution is -0.167. The highest BCUT2D eigenvalue weighted by molar-refractivity contribution is 5.71. The van der Waals surface area contributed by atoms with E-state index in [2.05, 4.69) is 93.7 Å². The molecule has 0 rings (SSSR count). The van der Waals surface area contributed by atoms with Crippen molar-refractivity contribution in [1.82, 2.24) is 0 Å². The average Bonchev–Trinajstić information content (AvgIpc) is 3.30. The van der Waals surface area contributed by atoms with Crippen LogP contribution in [0.2, 0.25) is 0 Å². The fourth-order valence-corrected chi connectivity index (χ4v) is 7.53. The van der Waals surface area contributed by atoms with Crippen molar-refractivity contribution in [1.29, 1.82) is 0 Å². The van der Waals surface area contributed by atoms with Crippen LogP contribution in [-0.4, -0.2) is 37.2 Å². The van der Waals surface area contributed by atoms with Gasteiger partial charge in [0, 0.05) is 19.3 Å². The molecule has 0 aromatic heterocycles. The van der Waals surface area contributed by atoms with Gasteiger partial charge in [-0.25, -0.2) is 0 Å². The Morgan fingerprint density at radius 1 is 0.323 bits per heavy atom. The summed E-state index contributed by atoms with van der Waals surface area (Å²) in [4.78, 5) is 38.0. The van der Waals surface area contributed by atoms with Crippen molar-refractivity contribution in [3.05, 3.63) is 72.9 Å². The van der Waals surface area contributed by atoms with E-state index in [0.717, 1.165) is 77.0 Å². The Hall–Kier alpha value is -3.15. The summed E-state index contributed by atoms with van der Waals surface area (Å²) in [7, 11) is 0. The Labute approximate surface area is 402 Å². The van der Waals surface area contributed by atoms with Crippen molar-refractivity contribution in [2.24, 2.45) is 0 Å². The lowest BCUT2D eigenvalue weighted by Crippen LogP contribution is -2.30. The van der Waals surface area contributed by atoms with E-state index in [1.165, 1.54) is 141 Å². The molecule has 0 N–H and O–H groups in total. The molecule has 0 aromatic rings. The van der Waals surface area contributed by atoms with Gasteiger partial charge in [-0.1, -0.05) is 241 Å². The van der Waals surface area contributed by atoms with Crippen LogP contribution in [0.3, 0.4) is 0 Å². The van der Waals surface area contributed by atoms with E-state index in [-0.39, 0.29) is 37.5 Å². The Morgan fingerprint density at radius 2 is 0.631 bits per heavy atom. The zero-order chi connectivity index (χ0) is 47.2. The number of esters is 3. The summed E-state index contributed by atoms with van der Waals surface area (Å²) in [6.45, 7) is 6.50. The van der Waals surface area contributed by atoms with Gasteiger partial charge in [0.2, 0.25) is 0 Å². The fraction of sp³-hybridized carbons (Fsp3) is 0.746. The third-order valence-corrected chi connectivity index (χ3v) is 11.7. The van der Waals surface area contributed by atoms with Crippen molar-refractivity contribution in [3.63, 3.8) is 0 Å². The molecule has 1 atom stereocenters. The first-order valence-electron chi connectivity index (χ1n) is 27.5. The van der Waals surface area contributed by atoms with Crippen LogP contribution >= 0.6 is 0 Å². The normalized spacial score (nSPS) is 12.6. The van der Waals surface area contributed by atoms with Crippen molar-refractivity contribution in [2.75, 3.05) is 13.2 Å². The minimum atomic E-state index is -0.812. The van der Waals surface area contributed by atoms with Crippen LogP contribution in [-0.2, 0) is 28.6 Å².